The summed E-state index contributed by atoms with van der Waals surface area (Å²) in [5.74, 6) is 0.560. The molecule has 0 saturated heterocycles. The maximum absolute atomic E-state index is 11.2. The second-order valence-corrected chi connectivity index (χ2v) is 4.33. The van der Waals surface area contributed by atoms with Crippen molar-refractivity contribution in [3.8, 4) is 5.75 Å². The van der Waals surface area contributed by atoms with Gasteiger partial charge >= 0.3 is 0 Å². The number of phenols is 1. The Morgan fingerprint density at radius 2 is 2.08 bits per heavy atom. The molecule has 0 aromatic heterocycles. The summed E-state index contributed by atoms with van der Waals surface area (Å²) in [6.45, 7) is 0. The van der Waals surface area contributed by atoms with Crippen molar-refractivity contribution in [1.29, 1.82) is 0 Å². The van der Waals surface area contributed by atoms with E-state index in [1.165, 1.54) is 5.56 Å². The Hall–Kier alpha value is -0.580. The number of ketones is 1. The first kappa shape index (κ1) is 8.99. The lowest BCUT2D eigenvalue weighted by molar-refractivity contribution is -0.118. The smallest absolute Gasteiger partial charge is 0.137 e. The molecule has 1 aromatic carbocycles. The van der Waals surface area contributed by atoms with Crippen molar-refractivity contribution >= 4 is 28.4 Å². The van der Waals surface area contributed by atoms with Crippen molar-refractivity contribution in [2.75, 3.05) is 0 Å². The highest BCUT2D eigenvalue weighted by molar-refractivity contribution is 14.1. The van der Waals surface area contributed by atoms with Gasteiger partial charge in [-0.05, 0) is 46.2 Å². The van der Waals surface area contributed by atoms with Gasteiger partial charge in [-0.1, -0.05) is 6.07 Å². The van der Waals surface area contributed by atoms with Gasteiger partial charge in [-0.2, -0.15) is 0 Å². The van der Waals surface area contributed by atoms with Crippen LogP contribution in [0, 0.1) is 3.57 Å². The van der Waals surface area contributed by atoms with Gasteiger partial charge in [0, 0.05) is 12.8 Å². The molecule has 0 saturated carbocycles. The molecule has 0 unspecified atom stereocenters. The van der Waals surface area contributed by atoms with E-state index in [1.54, 1.807) is 6.07 Å². The number of hydrogen-bond donors (Lipinski definition) is 1. The number of Topliss-reactive ketones (excluding diaryl/α,β-unsaturated/α-hetero) is 1. The van der Waals surface area contributed by atoms with E-state index < -0.39 is 0 Å². The third-order valence-corrected chi connectivity index (χ3v) is 3.57. The third kappa shape index (κ3) is 1.57. The van der Waals surface area contributed by atoms with Gasteiger partial charge in [0.25, 0.3) is 0 Å². The topological polar surface area (TPSA) is 37.3 Å². The number of hydrogen-bond acceptors (Lipinski definition) is 2. The van der Waals surface area contributed by atoms with Crippen molar-refractivity contribution in [2.24, 2.45) is 0 Å². The quantitative estimate of drug-likeness (QED) is 0.742. The minimum atomic E-state index is 0.274. The van der Waals surface area contributed by atoms with Gasteiger partial charge in [0.2, 0.25) is 0 Å². The summed E-state index contributed by atoms with van der Waals surface area (Å²) in [6, 6.07) is 3.62. The highest BCUT2D eigenvalue weighted by atomic mass is 127. The molecule has 1 aliphatic carbocycles. The van der Waals surface area contributed by atoms with Gasteiger partial charge in [0.1, 0.15) is 11.5 Å². The first-order valence-electron chi connectivity index (χ1n) is 4.19. The molecule has 1 aliphatic rings. The van der Waals surface area contributed by atoms with Crippen molar-refractivity contribution < 1.29 is 9.90 Å². The number of aryl methyl sites for hydroxylation is 1. The van der Waals surface area contributed by atoms with E-state index in [4.69, 9.17) is 0 Å². The van der Waals surface area contributed by atoms with Crippen LogP contribution in [0.25, 0.3) is 0 Å². The van der Waals surface area contributed by atoms with Gasteiger partial charge in [0.15, 0.2) is 0 Å². The molecule has 0 amide bonds. The van der Waals surface area contributed by atoms with E-state index in [1.807, 2.05) is 6.07 Å². The van der Waals surface area contributed by atoms with E-state index in [0.717, 1.165) is 15.6 Å². The molecule has 0 radical (unpaired) electrons. The molecule has 2 rings (SSSR count). The van der Waals surface area contributed by atoms with Gasteiger partial charge < -0.3 is 5.11 Å². The molecule has 3 heteroatoms. The zero-order valence-electron chi connectivity index (χ0n) is 7.01. The molecule has 2 nitrogen and oxygen atoms in total. The fraction of sp³-hybridized carbons (Fsp3) is 0.300. The van der Waals surface area contributed by atoms with Crippen molar-refractivity contribution in [1.82, 2.24) is 0 Å². The molecular weight excluding hydrogens is 279 g/mol. The lowest BCUT2D eigenvalue weighted by Crippen LogP contribution is -2.14. The molecule has 0 bridgehead atoms. The average molecular weight is 288 g/mol. The number of phenolic OH excluding ortho intramolecular Hbond substituents is 1. The van der Waals surface area contributed by atoms with Crippen LogP contribution in [0.2, 0.25) is 0 Å². The largest absolute Gasteiger partial charge is 0.507 e. The Kier molecular flexibility index (Phi) is 2.27. The number of rotatable bonds is 0. The summed E-state index contributed by atoms with van der Waals surface area (Å²) >= 11 is 2.10. The average Bonchev–Trinajstić information content (AvgIpc) is 2.12. The maximum Gasteiger partial charge on any atom is 0.137 e. The van der Waals surface area contributed by atoms with Gasteiger partial charge in [-0.3, -0.25) is 4.79 Å². The van der Waals surface area contributed by atoms with Crippen LogP contribution in [-0.2, 0) is 17.6 Å². The predicted octanol–water partition coefficient (Wildman–Crippen LogP) is 2.05. The molecule has 0 heterocycles. The van der Waals surface area contributed by atoms with Crippen molar-refractivity contribution in [3.05, 3.63) is 26.8 Å². The maximum atomic E-state index is 11.2. The summed E-state index contributed by atoms with van der Waals surface area (Å²) in [5, 5.41) is 9.44. The molecule has 0 spiro atoms. The SMILES string of the molecule is O=C1CCc2ccc(O)c(I)c2C1. The lowest BCUT2D eigenvalue weighted by Gasteiger charge is -2.16. The number of aromatic hydroxyl groups is 1. The highest BCUT2D eigenvalue weighted by Crippen LogP contribution is 2.30. The summed E-state index contributed by atoms with van der Waals surface area (Å²) < 4.78 is 0.836. The molecule has 1 aromatic rings. The third-order valence-electron chi connectivity index (χ3n) is 2.37. The van der Waals surface area contributed by atoms with Crippen molar-refractivity contribution in [2.45, 2.75) is 19.3 Å². The van der Waals surface area contributed by atoms with Gasteiger partial charge in [-0.25, -0.2) is 0 Å². The predicted molar refractivity (Wildman–Crippen MR) is 57.9 cm³/mol. The summed E-state index contributed by atoms with van der Waals surface area (Å²) in [7, 11) is 0. The Morgan fingerprint density at radius 3 is 2.85 bits per heavy atom. The van der Waals surface area contributed by atoms with Crippen LogP contribution in [0.4, 0.5) is 0 Å². The number of halogens is 1. The Morgan fingerprint density at radius 1 is 1.31 bits per heavy atom. The van der Waals surface area contributed by atoms with Crippen LogP contribution >= 0.6 is 22.6 Å². The van der Waals surface area contributed by atoms with E-state index in [0.29, 0.717) is 12.8 Å². The Labute approximate surface area is 90.1 Å². The Balaban J connectivity index is 2.54. The first-order valence-corrected chi connectivity index (χ1v) is 5.27. The van der Waals surface area contributed by atoms with Crippen LogP contribution in [0.3, 0.4) is 0 Å². The second-order valence-electron chi connectivity index (χ2n) is 3.25. The molecular formula is C10H9IO2. The Bertz CT molecular complexity index is 371. The fourth-order valence-electron chi connectivity index (χ4n) is 1.63. The fourth-order valence-corrected chi connectivity index (χ4v) is 2.35. The number of fused-ring (bicyclic) bond motifs is 1. The minimum Gasteiger partial charge on any atom is -0.507 e. The van der Waals surface area contributed by atoms with Gasteiger partial charge in [0.05, 0.1) is 3.57 Å². The summed E-state index contributed by atoms with van der Waals surface area (Å²) in [5.41, 5.74) is 2.23. The van der Waals surface area contributed by atoms with Crippen LogP contribution < -0.4 is 0 Å². The van der Waals surface area contributed by atoms with E-state index in [2.05, 4.69) is 22.6 Å². The summed E-state index contributed by atoms with van der Waals surface area (Å²) in [4.78, 5) is 11.2. The minimum absolute atomic E-state index is 0.274. The highest BCUT2D eigenvalue weighted by Gasteiger charge is 2.19. The lowest BCUT2D eigenvalue weighted by atomic mass is 9.91. The molecule has 0 aliphatic heterocycles. The number of carbonyl (C=O) groups excluding carboxylic acids is 1. The molecule has 0 atom stereocenters. The number of carbonyl (C=O) groups is 1. The van der Waals surface area contributed by atoms with Crippen LogP contribution in [-0.4, -0.2) is 10.9 Å². The zero-order chi connectivity index (χ0) is 9.42. The molecule has 0 fully saturated rings. The molecule has 68 valence electrons. The molecule has 13 heavy (non-hydrogen) atoms. The van der Waals surface area contributed by atoms with Crippen LogP contribution in [0.5, 0.6) is 5.75 Å². The van der Waals surface area contributed by atoms with E-state index >= 15 is 0 Å². The second kappa shape index (κ2) is 3.29. The number of benzene rings is 1. The van der Waals surface area contributed by atoms with Crippen molar-refractivity contribution in [3.63, 3.8) is 0 Å². The molecule has 1 N–H and O–H groups in total. The van der Waals surface area contributed by atoms with Crippen LogP contribution in [0.15, 0.2) is 12.1 Å². The monoisotopic (exact) mass is 288 g/mol. The normalized spacial score (nSPS) is 15.6. The zero-order valence-corrected chi connectivity index (χ0v) is 9.17. The standard InChI is InChI=1S/C10H9IO2/c11-10-8-5-7(12)3-1-6(8)2-4-9(10)13/h2,4,13H,1,3,5H2. The van der Waals surface area contributed by atoms with E-state index in [9.17, 15) is 9.90 Å². The first-order chi connectivity index (χ1) is 6.18. The van der Waals surface area contributed by atoms with Crippen LogP contribution in [0.1, 0.15) is 17.5 Å². The summed E-state index contributed by atoms with van der Waals surface area (Å²) in [6.07, 6.45) is 1.96. The van der Waals surface area contributed by atoms with Gasteiger partial charge in [-0.15, -0.1) is 0 Å². The van der Waals surface area contributed by atoms with E-state index in [-0.39, 0.29) is 11.5 Å².